The number of carbonyl (C=O) groups is 1. The number of aliphatic carboxylic acids is 1. The van der Waals surface area contributed by atoms with E-state index in [0.717, 1.165) is 25.9 Å². The van der Waals surface area contributed by atoms with Gasteiger partial charge in [0.15, 0.2) is 0 Å². The molecule has 86 valence electrons. The number of hydrogen-bond acceptors (Lipinski definition) is 3. The Balaban J connectivity index is 0. The molecule has 4 nitrogen and oxygen atoms in total. The minimum atomic E-state index is -0.726. The maximum Gasteiger partial charge on any atom is 0.304 e. The highest BCUT2D eigenvalue weighted by atomic mass is 35.5. The summed E-state index contributed by atoms with van der Waals surface area (Å²) in [6, 6.07) is 0.519. The maximum absolute atomic E-state index is 10.2. The third kappa shape index (κ3) is 7.38. The van der Waals surface area contributed by atoms with Crippen LogP contribution in [0.2, 0.25) is 0 Å². The summed E-state index contributed by atoms with van der Waals surface area (Å²) in [6.07, 6.45) is 2.45. The molecule has 6 heteroatoms. The van der Waals surface area contributed by atoms with E-state index in [0.29, 0.717) is 12.6 Å². The van der Waals surface area contributed by atoms with Crippen molar-refractivity contribution in [1.29, 1.82) is 0 Å². The molecule has 0 amide bonds. The van der Waals surface area contributed by atoms with Gasteiger partial charge in [0.1, 0.15) is 0 Å². The summed E-state index contributed by atoms with van der Waals surface area (Å²) < 4.78 is 0. The molecule has 0 aromatic heterocycles. The van der Waals surface area contributed by atoms with E-state index in [9.17, 15) is 4.79 Å². The fraction of sp³-hybridized carbons (Fsp3) is 0.875. The molecule has 1 aliphatic heterocycles. The lowest BCUT2D eigenvalue weighted by atomic mass is 10.1. The smallest absolute Gasteiger partial charge is 0.304 e. The molecule has 0 aliphatic carbocycles. The van der Waals surface area contributed by atoms with E-state index in [1.807, 2.05) is 0 Å². The lowest BCUT2D eigenvalue weighted by Crippen LogP contribution is -2.40. The Morgan fingerprint density at radius 2 is 1.93 bits per heavy atom. The molecular formula is C8H18Cl2N2O2. The van der Waals surface area contributed by atoms with Crippen LogP contribution in [0.3, 0.4) is 0 Å². The monoisotopic (exact) mass is 244 g/mol. The summed E-state index contributed by atoms with van der Waals surface area (Å²) in [5.41, 5.74) is 0. The van der Waals surface area contributed by atoms with Crippen LogP contribution in [0.4, 0.5) is 0 Å². The van der Waals surface area contributed by atoms with Crippen LogP contribution in [0.15, 0.2) is 0 Å². The SMILES string of the molecule is Cl.Cl.O=C(O)CCNC1CCNCC1. The van der Waals surface area contributed by atoms with Gasteiger partial charge >= 0.3 is 5.97 Å². The number of carboxylic acid groups (broad SMARTS) is 1. The molecule has 0 unspecified atom stereocenters. The number of nitrogens with one attached hydrogen (secondary N) is 2. The van der Waals surface area contributed by atoms with Crippen molar-refractivity contribution in [3.8, 4) is 0 Å². The summed E-state index contributed by atoms with van der Waals surface area (Å²) in [5.74, 6) is -0.726. The Morgan fingerprint density at radius 1 is 1.36 bits per heavy atom. The van der Waals surface area contributed by atoms with Gasteiger partial charge < -0.3 is 15.7 Å². The maximum atomic E-state index is 10.2. The molecule has 3 N–H and O–H groups in total. The first kappa shape index (κ1) is 16.4. The van der Waals surface area contributed by atoms with Crippen molar-refractivity contribution in [2.75, 3.05) is 19.6 Å². The third-order valence-corrected chi connectivity index (χ3v) is 2.11. The predicted octanol–water partition coefficient (Wildman–Crippen LogP) is 0.646. The zero-order chi connectivity index (χ0) is 8.81. The molecule has 1 heterocycles. The van der Waals surface area contributed by atoms with E-state index in [4.69, 9.17) is 5.11 Å². The fourth-order valence-electron chi connectivity index (χ4n) is 1.41. The lowest BCUT2D eigenvalue weighted by molar-refractivity contribution is -0.136. The molecule has 0 bridgehead atoms. The van der Waals surface area contributed by atoms with Gasteiger partial charge in [-0.05, 0) is 25.9 Å². The predicted molar refractivity (Wildman–Crippen MR) is 60.6 cm³/mol. The molecule has 0 spiro atoms. The number of carboxylic acids is 1. The Kier molecular flexibility index (Phi) is 11.2. The van der Waals surface area contributed by atoms with Gasteiger partial charge in [-0.1, -0.05) is 0 Å². The highest BCUT2D eigenvalue weighted by molar-refractivity contribution is 5.85. The van der Waals surface area contributed by atoms with E-state index in [2.05, 4.69) is 10.6 Å². The van der Waals surface area contributed by atoms with Crippen molar-refractivity contribution in [3.63, 3.8) is 0 Å². The lowest BCUT2D eigenvalue weighted by Gasteiger charge is -2.23. The van der Waals surface area contributed by atoms with Crippen LogP contribution >= 0.6 is 24.8 Å². The number of halogens is 2. The fourth-order valence-corrected chi connectivity index (χ4v) is 1.41. The molecule has 0 aromatic rings. The average Bonchev–Trinajstić information content (AvgIpc) is 2.05. The van der Waals surface area contributed by atoms with E-state index in [1.54, 1.807) is 0 Å². The molecule has 0 aromatic carbocycles. The second-order valence-corrected chi connectivity index (χ2v) is 3.12. The number of piperidine rings is 1. The van der Waals surface area contributed by atoms with Gasteiger partial charge in [-0.2, -0.15) is 0 Å². The van der Waals surface area contributed by atoms with Gasteiger partial charge in [-0.15, -0.1) is 24.8 Å². The second-order valence-electron chi connectivity index (χ2n) is 3.12. The Hall–Kier alpha value is -0.0300. The molecule has 1 saturated heterocycles. The third-order valence-electron chi connectivity index (χ3n) is 2.11. The van der Waals surface area contributed by atoms with Crippen LogP contribution < -0.4 is 10.6 Å². The molecular weight excluding hydrogens is 227 g/mol. The van der Waals surface area contributed by atoms with Crippen LogP contribution in [0, 0.1) is 0 Å². The van der Waals surface area contributed by atoms with Crippen molar-refractivity contribution in [2.45, 2.75) is 25.3 Å². The zero-order valence-corrected chi connectivity index (χ0v) is 9.62. The summed E-state index contributed by atoms with van der Waals surface area (Å²) in [6.45, 7) is 2.69. The Bertz CT molecular complexity index is 152. The molecule has 1 aliphatic rings. The molecule has 14 heavy (non-hydrogen) atoms. The van der Waals surface area contributed by atoms with Crippen LogP contribution in [-0.2, 0) is 4.79 Å². The van der Waals surface area contributed by atoms with Crippen LogP contribution in [0.25, 0.3) is 0 Å². The minimum Gasteiger partial charge on any atom is -0.481 e. The van der Waals surface area contributed by atoms with E-state index in [1.165, 1.54) is 0 Å². The van der Waals surface area contributed by atoms with Crippen LogP contribution in [0.5, 0.6) is 0 Å². The van der Waals surface area contributed by atoms with Gasteiger partial charge in [-0.25, -0.2) is 0 Å². The summed E-state index contributed by atoms with van der Waals surface area (Å²) in [7, 11) is 0. The Labute approximate surface area is 96.6 Å². The van der Waals surface area contributed by atoms with Crippen molar-refractivity contribution in [3.05, 3.63) is 0 Å². The van der Waals surface area contributed by atoms with Crippen LogP contribution in [0.1, 0.15) is 19.3 Å². The quantitative estimate of drug-likeness (QED) is 0.680. The first-order chi connectivity index (χ1) is 5.79. The molecule has 1 fully saturated rings. The van der Waals surface area contributed by atoms with Gasteiger partial charge in [-0.3, -0.25) is 4.79 Å². The van der Waals surface area contributed by atoms with Gasteiger partial charge in [0.05, 0.1) is 6.42 Å². The normalized spacial score (nSPS) is 16.6. The van der Waals surface area contributed by atoms with Crippen molar-refractivity contribution < 1.29 is 9.90 Å². The Morgan fingerprint density at radius 3 is 2.43 bits per heavy atom. The number of hydrogen-bond donors (Lipinski definition) is 3. The number of rotatable bonds is 4. The zero-order valence-electron chi connectivity index (χ0n) is 7.99. The summed E-state index contributed by atoms with van der Waals surface area (Å²) in [5, 5.41) is 14.9. The first-order valence-electron chi connectivity index (χ1n) is 4.45. The van der Waals surface area contributed by atoms with E-state index >= 15 is 0 Å². The molecule has 1 rings (SSSR count). The first-order valence-corrected chi connectivity index (χ1v) is 4.45. The van der Waals surface area contributed by atoms with Gasteiger partial charge in [0.2, 0.25) is 0 Å². The van der Waals surface area contributed by atoms with Crippen molar-refractivity contribution in [1.82, 2.24) is 10.6 Å². The van der Waals surface area contributed by atoms with Crippen molar-refractivity contribution in [2.24, 2.45) is 0 Å². The average molecular weight is 245 g/mol. The second kappa shape index (κ2) is 9.52. The minimum absolute atomic E-state index is 0. The summed E-state index contributed by atoms with van der Waals surface area (Å²) in [4.78, 5) is 10.2. The highest BCUT2D eigenvalue weighted by Gasteiger charge is 2.11. The van der Waals surface area contributed by atoms with Crippen LogP contribution in [-0.4, -0.2) is 36.8 Å². The van der Waals surface area contributed by atoms with E-state index < -0.39 is 5.97 Å². The molecule has 0 saturated carbocycles. The van der Waals surface area contributed by atoms with Gasteiger partial charge in [0.25, 0.3) is 0 Å². The highest BCUT2D eigenvalue weighted by Crippen LogP contribution is 2.01. The summed E-state index contributed by atoms with van der Waals surface area (Å²) >= 11 is 0. The standard InChI is InChI=1S/C8H16N2O2.2ClH/c11-8(12)3-6-10-7-1-4-9-5-2-7;;/h7,9-10H,1-6H2,(H,11,12);2*1H. The largest absolute Gasteiger partial charge is 0.481 e. The van der Waals surface area contributed by atoms with E-state index in [-0.39, 0.29) is 31.2 Å². The molecule has 0 atom stereocenters. The topological polar surface area (TPSA) is 61.4 Å². The van der Waals surface area contributed by atoms with Gasteiger partial charge in [0, 0.05) is 12.6 Å². The van der Waals surface area contributed by atoms with Crippen molar-refractivity contribution >= 4 is 30.8 Å². The molecule has 0 radical (unpaired) electrons.